The molecule has 2 rings (SSSR count). The summed E-state index contributed by atoms with van der Waals surface area (Å²) in [4.78, 5) is 13.3. The van der Waals surface area contributed by atoms with Crippen molar-refractivity contribution in [1.82, 2.24) is 4.90 Å². The summed E-state index contributed by atoms with van der Waals surface area (Å²) in [5.74, 6) is -1.95. The molecule has 0 bridgehead atoms. The molecule has 0 aliphatic carbocycles. The number of amides is 1. The number of rotatable bonds is 2. The van der Waals surface area contributed by atoms with E-state index in [0.29, 0.717) is 13.1 Å². The zero-order valence-corrected chi connectivity index (χ0v) is 10.6. The van der Waals surface area contributed by atoms with Crippen molar-refractivity contribution in [1.29, 1.82) is 0 Å². The van der Waals surface area contributed by atoms with Crippen LogP contribution in [-0.2, 0) is 4.74 Å². The first-order valence-corrected chi connectivity index (χ1v) is 5.79. The van der Waals surface area contributed by atoms with Gasteiger partial charge in [-0.25, -0.2) is 8.78 Å². The summed E-state index contributed by atoms with van der Waals surface area (Å²) in [6.07, 6.45) is 0.0177. The number of methoxy groups -OCH3 is 1. The fraction of sp³-hybridized carbons (Fsp3) is 0.364. The second kappa shape index (κ2) is 4.70. The van der Waals surface area contributed by atoms with E-state index in [1.165, 1.54) is 4.90 Å². The Bertz CT molecular complexity index is 438. The molecule has 1 aromatic carbocycles. The largest absolute Gasteiger partial charge is 0.378 e. The van der Waals surface area contributed by atoms with Crippen molar-refractivity contribution < 1.29 is 18.3 Å². The summed E-state index contributed by atoms with van der Waals surface area (Å²) in [6.45, 7) is 0.906. The number of hydrogen-bond acceptors (Lipinski definition) is 2. The second-order valence-electron chi connectivity index (χ2n) is 3.82. The molecular formula is C11H10BrF2NO2. The lowest BCUT2D eigenvalue weighted by atomic mass is 10.1. The molecule has 0 atom stereocenters. The van der Waals surface area contributed by atoms with Gasteiger partial charge in [0.1, 0.15) is 11.6 Å². The summed E-state index contributed by atoms with van der Waals surface area (Å²) < 4.78 is 31.3. The Kier molecular flexibility index (Phi) is 3.44. The lowest BCUT2D eigenvalue weighted by molar-refractivity contribution is -0.0192. The molecule has 1 amide bonds. The van der Waals surface area contributed by atoms with Gasteiger partial charge >= 0.3 is 0 Å². The number of benzene rings is 1. The Morgan fingerprint density at radius 2 is 1.94 bits per heavy atom. The molecule has 1 heterocycles. The molecule has 1 aromatic rings. The molecule has 1 aliphatic rings. The Morgan fingerprint density at radius 1 is 1.41 bits per heavy atom. The zero-order valence-electron chi connectivity index (χ0n) is 9.04. The van der Waals surface area contributed by atoms with Gasteiger partial charge in [0.2, 0.25) is 0 Å². The molecule has 0 aromatic heterocycles. The van der Waals surface area contributed by atoms with Crippen LogP contribution in [0.15, 0.2) is 16.6 Å². The predicted octanol–water partition coefficient (Wildman–Crippen LogP) is 2.20. The van der Waals surface area contributed by atoms with E-state index in [2.05, 4.69) is 15.9 Å². The van der Waals surface area contributed by atoms with Gasteiger partial charge in [-0.05, 0) is 28.1 Å². The van der Waals surface area contributed by atoms with Crippen LogP contribution < -0.4 is 0 Å². The molecule has 0 radical (unpaired) electrons. The van der Waals surface area contributed by atoms with Gasteiger partial charge in [-0.15, -0.1) is 0 Å². The zero-order chi connectivity index (χ0) is 12.6. The van der Waals surface area contributed by atoms with Gasteiger partial charge < -0.3 is 9.64 Å². The lowest BCUT2D eigenvalue weighted by Crippen LogP contribution is -2.54. The van der Waals surface area contributed by atoms with Crippen molar-refractivity contribution in [2.24, 2.45) is 0 Å². The minimum Gasteiger partial charge on any atom is -0.378 e. The van der Waals surface area contributed by atoms with Gasteiger partial charge in [0.05, 0.1) is 10.6 Å². The van der Waals surface area contributed by atoms with E-state index in [1.54, 1.807) is 7.11 Å². The van der Waals surface area contributed by atoms with E-state index in [0.717, 1.165) is 12.1 Å². The van der Waals surface area contributed by atoms with E-state index >= 15 is 0 Å². The van der Waals surface area contributed by atoms with Crippen molar-refractivity contribution in [2.75, 3.05) is 20.2 Å². The smallest absolute Gasteiger partial charge is 0.254 e. The normalized spacial score (nSPS) is 15.9. The van der Waals surface area contributed by atoms with Crippen LogP contribution in [0.4, 0.5) is 8.78 Å². The summed E-state index contributed by atoms with van der Waals surface area (Å²) in [7, 11) is 1.56. The first-order valence-electron chi connectivity index (χ1n) is 4.99. The molecule has 0 N–H and O–H groups in total. The number of likely N-dealkylation sites (tertiary alicyclic amines) is 1. The topological polar surface area (TPSA) is 29.5 Å². The van der Waals surface area contributed by atoms with Crippen LogP contribution in [0, 0.1) is 11.6 Å². The van der Waals surface area contributed by atoms with Crippen molar-refractivity contribution in [3.63, 3.8) is 0 Å². The third-order valence-electron chi connectivity index (χ3n) is 2.70. The monoisotopic (exact) mass is 305 g/mol. The maximum atomic E-state index is 13.2. The molecule has 3 nitrogen and oxygen atoms in total. The average Bonchev–Trinajstić information content (AvgIpc) is 2.23. The SMILES string of the molecule is COC1CN(C(=O)c2cc(F)c(Br)c(F)c2)C1. The van der Waals surface area contributed by atoms with Crippen LogP contribution in [0.1, 0.15) is 10.4 Å². The molecule has 0 saturated carbocycles. The fourth-order valence-electron chi connectivity index (χ4n) is 1.61. The summed E-state index contributed by atoms with van der Waals surface area (Å²) in [5.41, 5.74) is 0.0118. The quantitative estimate of drug-likeness (QED) is 0.784. The van der Waals surface area contributed by atoms with E-state index in [4.69, 9.17) is 4.74 Å². The first-order chi connectivity index (χ1) is 8.02. The standard InChI is InChI=1S/C11H10BrF2NO2/c1-17-7-4-15(5-7)11(16)6-2-8(13)10(12)9(14)3-6/h2-3,7H,4-5H2,1H3. The molecule has 1 aliphatic heterocycles. The molecule has 17 heavy (non-hydrogen) atoms. The first kappa shape index (κ1) is 12.4. The van der Waals surface area contributed by atoms with Crippen LogP contribution in [0.5, 0.6) is 0 Å². The molecule has 1 fully saturated rings. The summed E-state index contributed by atoms with van der Waals surface area (Å²) in [6, 6.07) is 2.05. The van der Waals surface area contributed by atoms with E-state index in [9.17, 15) is 13.6 Å². The average molecular weight is 306 g/mol. The van der Waals surface area contributed by atoms with Crippen LogP contribution in [0.2, 0.25) is 0 Å². The van der Waals surface area contributed by atoms with Crippen molar-refractivity contribution in [2.45, 2.75) is 6.10 Å². The van der Waals surface area contributed by atoms with Crippen LogP contribution in [0.25, 0.3) is 0 Å². The third kappa shape index (κ3) is 2.32. The molecule has 0 unspecified atom stereocenters. The predicted molar refractivity (Wildman–Crippen MR) is 60.8 cm³/mol. The van der Waals surface area contributed by atoms with Crippen molar-refractivity contribution in [3.8, 4) is 0 Å². The fourth-order valence-corrected chi connectivity index (χ4v) is 1.84. The van der Waals surface area contributed by atoms with Crippen LogP contribution in [-0.4, -0.2) is 37.1 Å². The Labute approximate surface area is 105 Å². The number of nitrogens with zero attached hydrogens (tertiary/aromatic N) is 1. The highest BCUT2D eigenvalue weighted by atomic mass is 79.9. The Balaban J connectivity index is 2.16. The molecule has 92 valence electrons. The van der Waals surface area contributed by atoms with E-state index < -0.39 is 11.6 Å². The minimum absolute atomic E-state index is 0.0118. The van der Waals surface area contributed by atoms with Gasteiger partial charge in [-0.1, -0.05) is 0 Å². The summed E-state index contributed by atoms with van der Waals surface area (Å²) >= 11 is 2.76. The van der Waals surface area contributed by atoms with Crippen molar-refractivity contribution >= 4 is 21.8 Å². The van der Waals surface area contributed by atoms with E-state index in [-0.39, 0.29) is 22.0 Å². The third-order valence-corrected chi connectivity index (χ3v) is 3.46. The van der Waals surface area contributed by atoms with Crippen molar-refractivity contribution in [3.05, 3.63) is 33.8 Å². The number of halogens is 3. The van der Waals surface area contributed by atoms with Gasteiger partial charge in [-0.2, -0.15) is 0 Å². The van der Waals surface area contributed by atoms with Gasteiger partial charge in [0.15, 0.2) is 0 Å². The lowest BCUT2D eigenvalue weighted by Gasteiger charge is -2.38. The minimum atomic E-state index is -0.780. The Morgan fingerprint density at radius 3 is 2.41 bits per heavy atom. The van der Waals surface area contributed by atoms with Gasteiger partial charge in [-0.3, -0.25) is 4.79 Å². The molecular weight excluding hydrogens is 296 g/mol. The molecule has 1 saturated heterocycles. The van der Waals surface area contributed by atoms with Gasteiger partial charge in [0, 0.05) is 25.8 Å². The van der Waals surface area contributed by atoms with E-state index in [1.807, 2.05) is 0 Å². The number of hydrogen-bond donors (Lipinski definition) is 0. The molecule has 6 heteroatoms. The number of carbonyl (C=O) groups is 1. The maximum Gasteiger partial charge on any atom is 0.254 e. The number of carbonyl (C=O) groups excluding carboxylic acids is 1. The van der Waals surface area contributed by atoms with Crippen LogP contribution in [0.3, 0.4) is 0 Å². The highest BCUT2D eigenvalue weighted by Crippen LogP contribution is 2.23. The number of ether oxygens (including phenoxy) is 1. The van der Waals surface area contributed by atoms with Crippen LogP contribution >= 0.6 is 15.9 Å². The Hall–Kier alpha value is -1.01. The second-order valence-corrected chi connectivity index (χ2v) is 4.61. The summed E-state index contributed by atoms with van der Waals surface area (Å²) in [5, 5.41) is 0. The van der Waals surface area contributed by atoms with Gasteiger partial charge in [0.25, 0.3) is 5.91 Å². The highest BCUT2D eigenvalue weighted by molar-refractivity contribution is 9.10. The maximum absolute atomic E-state index is 13.2. The molecule has 0 spiro atoms. The highest BCUT2D eigenvalue weighted by Gasteiger charge is 2.31.